The summed E-state index contributed by atoms with van der Waals surface area (Å²) in [6.45, 7) is 19.2. The molecule has 0 saturated carbocycles. The zero-order valence-corrected chi connectivity index (χ0v) is 14.3. The van der Waals surface area contributed by atoms with E-state index in [1.165, 1.54) is 24.8 Å². The molecule has 2 heteroatoms. The number of allylic oxidation sites excluding steroid dienone is 1. The van der Waals surface area contributed by atoms with Crippen molar-refractivity contribution in [2.45, 2.75) is 79.3 Å². The summed E-state index contributed by atoms with van der Waals surface area (Å²) in [5, 5.41) is 3.77. The Bertz CT molecular complexity index is 246. The Labute approximate surface area is 121 Å². The second kappa shape index (κ2) is 9.55. The molecule has 0 aliphatic carbocycles. The van der Waals surface area contributed by atoms with E-state index in [4.69, 9.17) is 0 Å². The molecule has 0 aliphatic heterocycles. The van der Waals surface area contributed by atoms with Crippen LogP contribution in [0.2, 0.25) is 0 Å². The molecule has 0 aromatic carbocycles. The number of hydrogen-bond acceptors (Lipinski definition) is 2. The monoisotopic (exact) mass is 268 g/mol. The Morgan fingerprint density at radius 1 is 1.05 bits per heavy atom. The summed E-state index contributed by atoms with van der Waals surface area (Å²) in [5.41, 5.74) is 1.66. The third kappa shape index (κ3) is 4.92. The second-order valence-corrected chi connectivity index (χ2v) is 5.66. The van der Waals surface area contributed by atoms with Crippen molar-refractivity contribution >= 4 is 0 Å². The fraction of sp³-hybridized carbons (Fsp3) is 0.882. The van der Waals surface area contributed by atoms with Crippen LogP contribution in [0.3, 0.4) is 0 Å². The van der Waals surface area contributed by atoms with Gasteiger partial charge in [-0.1, -0.05) is 46.3 Å². The quantitative estimate of drug-likeness (QED) is 0.597. The first-order valence-electron chi connectivity index (χ1n) is 8.15. The summed E-state index contributed by atoms with van der Waals surface area (Å²) in [7, 11) is 0. The Morgan fingerprint density at radius 3 is 1.89 bits per heavy atom. The number of rotatable bonds is 10. The van der Waals surface area contributed by atoms with Gasteiger partial charge in [0.1, 0.15) is 0 Å². The lowest BCUT2D eigenvalue weighted by Crippen LogP contribution is -2.60. The van der Waals surface area contributed by atoms with Gasteiger partial charge in [0.05, 0.1) is 0 Å². The van der Waals surface area contributed by atoms with Crippen molar-refractivity contribution in [1.82, 2.24) is 10.2 Å². The summed E-state index contributed by atoms with van der Waals surface area (Å²) >= 11 is 0. The molecule has 0 heterocycles. The summed E-state index contributed by atoms with van der Waals surface area (Å²) in [6.07, 6.45) is 6.00. The fourth-order valence-electron chi connectivity index (χ4n) is 3.22. The van der Waals surface area contributed by atoms with E-state index < -0.39 is 0 Å². The van der Waals surface area contributed by atoms with Crippen LogP contribution in [0.25, 0.3) is 0 Å². The average molecular weight is 268 g/mol. The number of likely N-dealkylation sites (N-methyl/N-ethyl adjacent to an activating group) is 1. The first-order valence-corrected chi connectivity index (χ1v) is 8.15. The molecule has 0 aliphatic rings. The van der Waals surface area contributed by atoms with Crippen molar-refractivity contribution in [2.24, 2.45) is 0 Å². The molecular weight excluding hydrogens is 232 g/mol. The normalized spacial score (nSPS) is 13.7. The Morgan fingerprint density at radius 2 is 1.58 bits per heavy atom. The predicted octanol–water partition coefficient (Wildman–Crippen LogP) is 4.22. The van der Waals surface area contributed by atoms with Crippen LogP contribution >= 0.6 is 0 Å². The Hall–Kier alpha value is -0.340. The zero-order chi connectivity index (χ0) is 14.9. The molecule has 0 aromatic heterocycles. The molecule has 1 atom stereocenters. The molecule has 114 valence electrons. The molecule has 0 amide bonds. The first kappa shape index (κ1) is 18.7. The van der Waals surface area contributed by atoms with Crippen LogP contribution in [0, 0.1) is 0 Å². The number of hydrogen-bond donors (Lipinski definition) is 1. The van der Waals surface area contributed by atoms with Crippen molar-refractivity contribution in [2.75, 3.05) is 19.6 Å². The minimum absolute atomic E-state index is 0.246. The van der Waals surface area contributed by atoms with Gasteiger partial charge in [-0.25, -0.2) is 0 Å². The summed E-state index contributed by atoms with van der Waals surface area (Å²) in [5.74, 6) is 0. The lowest BCUT2D eigenvalue weighted by molar-refractivity contribution is 0.0647. The van der Waals surface area contributed by atoms with Gasteiger partial charge in [0, 0.05) is 11.6 Å². The van der Waals surface area contributed by atoms with Gasteiger partial charge in [-0.2, -0.15) is 0 Å². The van der Waals surface area contributed by atoms with Gasteiger partial charge in [0.15, 0.2) is 0 Å². The van der Waals surface area contributed by atoms with Crippen LogP contribution in [0.15, 0.2) is 11.6 Å². The lowest BCUT2D eigenvalue weighted by atomic mass is 9.81. The highest BCUT2D eigenvalue weighted by Gasteiger charge is 2.38. The third-order valence-electron chi connectivity index (χ3n) is 4.31. The highest BCUT2D eigenvalue weighted by atomic mass is 15.2. The van der Waals surface area contributed by atoms with E-state index in [1.807, 2.05) is 0 Å². The standard InChI is InChI=1S/C17H36N2/c1-8-13-18-16(14-15(6)7)17(9-2,10-3)19(11-4)12-5/h14,16,18H,8-13H2,1-7H3. The van der Waals surface area contributed by atoms with Crippen LogP contribution in [-0.2, 0) is 0 Å². The van der Waals surface area contributed by atoms with Crippen LogP contribution in [-0.4, -0.2) is 36.1 Å². The van der Waals surface area contributed by atoms with Crippen LogP contribution < -0.4 is 5.32 Å². The van der Waals surface area contributed by atoms with E-state index in [-0.39, 0.29) is 5.54 Å². The molecule has 0 fully saturated rings. The molecule has 19 heavy (non-hydrogen) atoms. The van der Waals surface area contributed by atoms with Gasteiger partial charge >= 0.3 is 0 Å². The van der Waals surface area contributed by atoms with Gasteiger partial charge in [0.2, 0.25) is 0 Å². The predicted molar refractivity (Wildman–Crippen MR) is 87.7 cm³/mol. The first-order chi connectivity index (χ1) is 9.02. The molecule has 0 bridgehead atoms. The molecule has 1 unspecified atom stereocenters. The summed E-state index contributed by atoms with van der Waals surface area (Å²) in [4.78, 5) is 2.64. The van der Waals surface area contributed by atoms with Gasteiger partial charge in [-0.15, -0.1) is 0 Å². The fourth-order valence-corrected chi connectivity index (χ4v) is 3.22. The largest absolute Gasteiger partial charge is 0.309 e. The molecule has 2 nitrogen and oxygen atoms in total. The maximum atomic E-state index is 3.77. The summed E-state index contributed by atoms with van der Waals surface area (Å²) in [6, 6.07) is 0.451. The van der Waals surface area contributed by atoms with Crippen molar-refractivity contribution < 1.29 is 0 Å². The van der Waals surface area contributed by atoms with E-state index >= 15 is 0 Å². The Kier molecular flexibility index (Phi) is 9.38. The maximum absolute atomic E-state index is 3.77. The molecule has 0 aromatic rings. The van der Waals surface area contributed by atoms with Gasteiger partial charge in [0.25, 0.3) is 0 Å². The van der Waals surface area contributed by atoms with Gasteiger partial charge in [-0.05, 0) is 52.7 Å². The molecule has 0 spiro atoms. The van der Waals surface area contributed by atoms with Gasteiger partial charge in [-0.3, -0.25) is 4.90 Å². The zero-order valence-electron chi connectivity index (χ0n) is 14.3. The van der Waals surface area contributed by atoms with E-state index in [9.17, 15) is 0 Å². The van der Waals surface area contributed by atoms with E-state index in [2.05, 4.69) is 64.8 Å². The molecule has 0 rings (SSSR count). The number of nitrogens with zero attached hydrogens (tertiary/aromatic N) is 1. The molecule has 0 radical (unpaired) electrons. The molecule has 0 saturated heterocycles. The van der Waals surface area contributed by atoms with Crippen molar-refractivity contribution in [3.8, 4) is 0 Å². The highest BCUT2D eigenvalue weighted by molar-refractivity contribution is 5.12. The Balaban J connectivity index is 5.39. The highest BCUT2D eigenvalue weighted by Crippen LogP contribution is 2.29. The SMILES string of the molecule is CCCNC(C=C(C)C)C(CC)(CC)N(CC)CC. The lowest BCUT2D eigenvalue weighted by Gasteiger charge is -2.47. The van der Waals surface area contributed by atoms with E-state index in [0.717, 1.165) is 19.6 Å². The third-order valence-corrected chi connectivity index (χ3v) is 4.31. The topological polar surface area (TPSA) is 15.3 Å². The van der Waals surface area contributed by atoms with Crippen LogP contribution in [0.4, 0.5) is 0 Å². The van der Waals surface area contributed by atoms with Crippen molar-refractivity contribution in [3.63, 3.8) is 0 Å². The number of nitrogens with one attached hydrogen (secondary N) is 1. The minimum Gasteiger partial charge on any atom is -0.309 e. The maximum Gasteiger partial charge on any atom is 0.0438 e. The van der Waals surface area contributed by atoms with E-state index in [0.29, 0.717) is 6.04 Å². The molecular formula is C17H36N2. The molecule has 1 N–H and O–H groups in total. The van der Waals surface area contributed by atoms with E-state index in [1.54, 1.807) is 0 Å². The average Bonchev–Trinajstić information content (AvgIpc) is 2.40. The second-order valence-electron chi connectivity index (χ2n) is 5.66. The van der Waals surface area contributed by atoms with Crippen molar-refractivity contribution in [1.29, 1.82) is 0 Å². The van der Waals surface area contributed by atoms with Gasteiger partial charge < -0.3 is 5.32 Å². The van der Waals surface area contributed by atoms with Crippen molar-refractivity contribution in [3.05, 3.63) is 11.6 Å². The summed E-state index contributed by atoms with van der Waals surface area (Å²) < 4.78 is 0. The van der Waals surface area contributed by atoms with Crippen LogP contribution in [0.1, 0.15) is 67.7 Å². The minimum atomic E-state index is 0.246. The van der Waals surface area contributed by atoms with Crippen LogP contribution in [0.5, 0.6) is 0 Å². The smallest absolute Gasteiger partial charge is 0.0438 e.